The van der Waals surface area contributed by atoms with Crippen molar-refractivity contribution in [2.45, 2.75) is 4.34 Å². The minimum atomic E-state index is 0.629. The van der Waals surface area contributed by atoms with Gasteiger partial charge in [-0.05, 0) is 24.3 Å². The summed E-state index contributed by atoms with van der Waals surface area (Å²) in [6.45, 7) is 0.629. The van der Waals surface area contributed by atoms with E-state index < -0.39 is 0 Å². The molecular weight excluding hydrogens is 342 g/mol. The zero-order chi connectivity index (χ0) is 16.6. The van der Waals surface area contributed by atoms with Crippen molar-refractivity contribution in [1.82, 2.24) is 10.2 Å². The number of benzene rings is 2. The molecule has 0 radical (unpaired) electrons. The zero-order valence-electron chi connectivity index (χ0n) is 13.1. The van der Waals surface area contributed by atoms with Crippen molar-refractivity contribution in [2.24, 2.45) is 0 Å². The summed E-state index contributed by atoms with van der Waals surface area (Å²) in [5.74, 6) is 2.48. The number of para-hydroxylation sites is 3. The lowest BCUT2D eigenvalue weighted by Crippen LogP contribution is -1.99. The second-order valence-corrected chi connectivity index (χ2v) is 7.03. The van der Waals surface area contributed by atoms with Crippen molar-refractivity contribution in [3.8, 4) is 11.5 Å². The van der Waals surface area contributed by atoms with Gasteiger partial charge in [-0.25, -0.2) is 0 Å². The Balaban J connectivity index is 1.49. The monoisotopic (exact) mass is 359 g/mol. The van der Waals surface area contributed by atoms with E-state index in [1.54, 1.807) is 18.9 Å². The number of nitrogens with one attached hydrogen (secondary N) is 1. The molecule has 5 nitrogen and oxygen atoms in total. The fourth-order valence-electron chi connectivity index (χ4n) is 1.99. The van der Waals surface area contributed by atoms with Crippen LogP contribution in [0.4, 0.5) is 10.8 Å². The molecule has 1 N–H and O–H groups in total. The third kappa shape index (κ3) is 4.62. The molecule has 1 heterocycles. The first-order valence-electron chi connectivity index (χ1n) is 7.39. The number of methoxy groups -OCH3 is 1. The third-order valence-electron chi connectivity index (χ3n) is 3.08. The first-order chi connectivity index (χ1) is 11.8. The Bertz CT molecular complexity index is 765. The molecule has 0 aliphatic rings. The minimum absolute atomic E-state index is 0.629. The van der Waals surface area contributed by atoms with Crippen LogP contribution in [-0.4, -0.2) is 29.7 Å². The first-order valence-corrected chi connectivity index (χ1v) is 9.19. The van der Waals surface area contributed by atoms with Crippen molar-refractivity contribution < 1.29 is 9.47 Å². The summed E-state index contributed by atoms with van der Waals surface area (Å²) >= 11 is 3.14. The van der Waals surface area contributed by atoms with Gasteiger partial charge in [-0.2, -0.15) is 0 Å². The van der Waals surface area contributed by atoms with Gasteiger partial charge in [-0.1, -0.05) is 53.4 Å². The lowest BCUT2D eigenvalue weighted by Gasteiger charge is -2.07. The number of thioether (sulfide) groups is 1. The second kappa shape index (κ2) is 8.56. The Morgan fingerprint density at radius 1 is 1.04 bits per heavy atom. The molecule has 0 fully saturated rings. The lowest BCUT2D eigenvalue weighted by atomic mass is 10.3. The van der Waals surface area contributed by atoms with Gasteiger partial charge in [0.05, 0.1) is 19.4 Å². The van der Waals surface area contributed by atoms with Crippen molar-refractivity contribution in [1.29, 1.82) is 0 Å². The Hall–Kier alpha value is -2.25. The maximum absolute atomic E-state index is 5.66. The van der Waals surface area contributed by atoms with Gasteiger partial charge >= 0.3 is 0 Å². The van der Waals surface area contributed by atoms with E-state index >= 15 is 0 Å². The number of ether oxygens (including phenoxy) is 2. The molecule has 0 unspecified atom stereocenters. The van der Waals surface area contributed by atoms with Gasteiger partial charge in [0.15, 0.2) is 4.34 Å². The topological polar surface area (TPSA) is 56.3 Å². The molecular formula is C17H17N3O2S2. The van der Waals surface area contributed by atoms with Crippen molar-refractivity contribution >= 4 is 33.9 Å². The maximum atomic E-state index is 5.66. The van der Waals surface area contributed by atoms with Crippen molar-refractivity contribution in [2.75, 3.05) is 24.8 Å². The molecule has 0 amide bonds. The fraction of sp³-hybridized carbons (Fsp3) is 0.176. The summed E-state index contributed by atoms with van der Waals surface area (Å²) in [6.07, 6.45) is 0. The van der Waals surface area contributed by atoms with E-state index in [4.69, 9.17) is 9.47 Å². The van der Waals surface area contributed by atoms with Crippen molar-refractivity contribution in [3.63, 3.8) is 0 Å². The molecule has 0 saturated carbocycles. The van der Waals surface area contributed by atoms with Crippen LogP contribution in [0, 0.1) is 0 Å². The molecule has 0 bridgehead atoms. The van der Waals surface area contributed by atoms with E-state index in [0.29, 0.717) is 6.61 Å². The number of hydrogen-bond acceptors (Lipinski definition) is 7. The maximum Gasteiger partial charge on any atom is 0.210 e. The van der Waals surface area contributed by atoms with E-state index in [1.165, 1.54) is 11.3 Å². The van der Waals surface area contributed by atoms with Crippen LogP contribution in [0.2, 0.25) is 0 Å². The van der Waals surface area contributed by atoms with E-state index in [0.717, 1.165) is 32.4 Å². The summed E-state index contributed by atoms with van der Waals surface area (Å²) in [5.41, 5.74) is 0.875. The molecule has 2 aromatic carbocycles. The average Bonchev–Trinajstić information content (AvgIpc) is 3.07. The van der Waals surface area contributed by atoms with E-state index in [9.17, 15) is 0 Å². The average molecular weight is 359 g/mol. The van der Waals surface area contributed by atoms with Gasteiger partial charge in [0, 0.05) is 5.75 Å². The predicted molar refractivity (Wildman–Crippen MR) is 98.8 cm³/mol. The van der Waals surface area contributed by atoms with Crippen LogP contribution >= 0.6 is 23.1 Å². The number of hydrogen-bond donors (Lipinski definition) is 1. The van der Waals surface area contributed by atoms with Crippen LogP contribution < -0.4 is 14.8 Å². The highest BCUT2D eigenvalue weighted by Crippen LogP contribution is 2.31. The lowest BCUT2D eigenvalue weighted by molar-refractivity contribution is 0.344. The molecule has 124 valence electrons. The molecule has 0 atom stereocenters. The van der Waals surface area contributed by atoms with Crippen LogP contribution in [0.5, 0.6) is 11.5 Å². The summed E-state index contributed by atoms with van der Waals surface area (Å²) in [7, 11) is 1.65. The van der Waals surface area contributed by atoms with E-state index in [1.807, 2.05) is 54.6 Å². The number of aromatic nitrogens is 2. The minimum Gasteiger partial charge on any atom is -0.495 e. The van der Waals surface area contributed by atoms with Crippen LogP contribution in [-0.2, 0) is 0 Å². The quantitative estimate of drug-likeness (QED) is 0.473. The standard InChI is InChI=1S/C17H17N3O2S2/c1-21-15-10-6-5-9-14(15)18-16-19-20-17(24-16)23-12-11-22-13-7-3-2-4-8-13/h2-10H,11-12H2,1H3,(H,18,19). The summed E-state index contributed by atoms with van der Waals surface area (Å²) < 4.78 is 11.9. The highest BCUT2D eigenvalue weighted by Gasteiger charge is 2.08. The van der Waals surface area contributed by atoms with Crippen LogP contribution in [0.3, 0.4) is 0 Å². The van der Waals surface area contributed by atoms with Gasteiger partial charge in [-0.3, -0.25) is 0 Å². The normalized spacial score (nSPS) is 10.4. The first kappa shape index (κ1) is 16.6. The van der Waals surface area contributed by atoms with Crippen molar-refractivity contribution in [3.05, 3.63) is 54.6 Å². The number of anilines is 2. The predicted octanol–water partition coefficient (Wildman–Crippen LogP) is 4.46. The van der Waals surface area contributed by atoms with Crippen LogP contribution in [0.25, 0.3) is 0 Å². The van der Waals surface area contributed by atoms with Gasteiger partial charge in [-0.15, -0.1) is 10.2 Å². The number of rotatable bonds is 8. The molecule has 7 heteroatoms. The molecule has 0 aliphatic heterocycles. The molecule has 24 heavy (non-hydrogen) atoms. The summed E-state index contributed by atoms with van der Waals surface area (Å²) in [6, 6.07) is 17.5. The number of nitrogens with zero attached hydrogens (tertiary/aromatic N) is 2. The largest absolute Gasteiger partial charge is 0.495 e. The Labute approximate surface area is 149 Å². The Morgan fingerprint density at radius 3 is 2.67 bits per heavy atom. The SMILES string of the molecule is COc1ccccc1Nc1nnc(SCCOc2ccccc2)s1. The molecule has 0 spiro atoms. The second-order valence-electron chi connectivity index (χ2n) is 4.71. The van der Waals surface area contributed by atoms with Gasteiger partial charge in [0.2, 0.25) is 5.13 Å². The molecule has 1 aromatic heterocycles. The molecule has 3 rings (SSSR count). The molecule has 0 saturated heterocycles. The third-order valence-corrected chi connectivity index (χ3v) is 5.01. The molecule has 0 aliphatic carbocycles. The van der Waals surface area contributed by atoms with Crippen LogP contribution in [0.1, 0.15) is 0 Å². The van der Waals surface area contributed by atoms with Gasteiger partial charge in [0.1, 0.15) is 11.5 Å². The summed E-state index contributed by atoms with van der Waals surface area (Å²) in [4.78, 5) is 0. The van der Waals surface area contributed by atoms with E-state index in [-0.39, 0.29) is 0 Å². The van der Waals surface area contributed by atoms with Gasteiger partial charge < -0.3 is 14.8 Å². The van der Waals surface area contributed by atoms with E-state index in [2.05, 4.69) is 15.5 Å². The Kier molecular flexibility index (Phi) is 5.92. The zero-order valence-corrected chi connectivity index (χ0v) is 14.8. The fourth-order valence-corrected chi connectivity index (χ4v) is 3.64. The molecule has 3 aromatic rings. The smallest absolute Gasteiger partial charge is 0.210 e. The highest BCUT2D eigenvalue weighted by atomic mass is 32.2. The van der Waals surface area contributed by atoms with Crippen LogP contribution in [0.15, 0.2) is 58.9 Å². The highest BCUT2D eigenvalue weighted by molar-refractivity contribution is 8.01. The van der Waals surface area contributed by atoms with Gasteiger partial charge in [0.25, 0.3) is 0 Å². The summed E-state index contributed by atoms with van der Waals surface area (Å²) in [5, 5.41) is 12.3. The Morgan fingerprint density at radius 2 is 1.83 bits per heavy atom.